The Balaban J connectivity index is 2.46. The number of fused-ring (bicyclic) bond motifs is 1. The molecule has 0 radical (unpaired) electrons. The van der Waals surface area contributed by atoms with E-state index in [2.05, 4.69) is 37.8 Å². The van der Waals surface area contributed by atoms with Gasteiger partial charge in [-0.05, 0) is 24.3 Å². The van der Waals surface area contributed by atoms with Crippen LogP contribution in [0.4, 0.5) is 0 Å². The second kappa shape index (κ2) is 5.89. The quantitative estimate of drug-likeness (QED) is 0.812. The summed E-state index contributed by atoms with van der Waals surface area (Å²) >= 11 is 0. The summed E-state index contributed by atoms with van der Waals surface area (Å²) in [6.45, 7) is 8.59. The molecule has 2 heteroatoms. The smallest absolute Gasteiger partial charge is 0.132 e. The van der Waals surface area contributed by atoms with Crippen LogP contribution in [0.3, 0.4) is 0 Å². The molecule has 0 saturated carbocycles. The summed E-state index contributed by atoms with van der Waals surface area (Å²) in [5.41, 5.74) is 8.17. The highest BCUT2D eigenvalue weighted by Gasteiger charge is 2.12. The van der Waals surface area contributed by atoms with E-state index in [1.54, 1.807) is 0 Å². The van der Waals surface area contributed by atoms with Crippen molar-refractivity contribution < 1.29 is 4.74 Å². The second-order valence-electron chi connectivity index (χ2n) is 4.89. The molecule has 0 aliphatic carbocycles. The van der Waals surface area contributed by atoms with Gasteiger partial charge in [-0.1, -0.05) is 49.9 Å². The molecule has 2 nitrogen and oxygen atoms in total. The Morgan fingerprint density at radius 3 is 2.68 bits per heavy atom. The summed E-state index contributed by atoms with van der Waals surface area (Å²) in [6, 6.07) is 12.3. The molecule has 2 rings (SSSR count). The van der Waals surface area contributed by atoms with Gasteiger partial charge in [-0.15, -0.1) is 0 Å². The van der Waals surface area contributed by atoms with Crippen LogP contribution < -0.4 is 10.5 Å². The van der Waals surface area contributed by atoms with E-state index in [9.17, 15) is 0 Å². The molecule has 0 unspecified atom stereocenters. The Kier molecular flexibility index (Phi) is 4.23. The van der Waals surface area contributed by atoms with Crippen molar-refractivity contribution in [3.05, 3.63) is 54.1 Å². The van der Waals surface area contributed by atoms with Gasteiger partial charge < -0.3 is 10.5 Å². The predicted molar refractivity (Wildman–Crippen MR) is 81.5 cm³/mol. The Hall–Kier alpha value is -1.80. The number of ether oxygens (including phenoxy) is 1. The summed E-state index contributed by atoms with van der Waals surface area (Å²) in [5, 5.41) is 2.28. The van der Waals surface area contributed by atoms with Crippen molar-refractivity contribution >= 4 is 10.8 Å². The molecule has 100 valence electrons. The van der Waals surface area contributed by atoms with E-state index in [-0.39, 0.29) is 6.04 Å². The monoisotopic (exact) mass is 255 g/mol. The summed E-state index contributed by atoms with van der Waals surface area (Å²) < 4.78 is 5.98. The van der Waals surface area contributed by atoms with Crippen molar-refractivity contribution in [3.63, 3.8) is 0 Å². The molecular formula is C17H21NO. The summed E-state index contributed by atoms with van der Waals surface area (Å²) in [4.78, 5) is 0. The van der Waals surface area contributed by atoms with Gasteiger partial charge in [-0.3, -0.25) is 0 Å². The SMILES string of the molecule is C=C(CC)COc1c([C@H](C)N)ccc2ccccc12. The lowest BCUT2D eigenvalue weighted by Gasteiger charge is -2.17. The number of hydrogen-bond donors (Lipinski definition) is 1. The molecule has 1 atom stereocenters. The van der Waals surface area contributed by atoms with Gasteiger partial charge in [0.2, 0.25) is 0 Å². The number of nitrogens with two attached hydrogens (primary N) is 1. The molecule has 2 aromatic rings. The van der Waals surface area contributed by atoms with Crippen molar-refractivity contribution in [2.45, 2.75) is 26.3 Å². The topological polar surface area (TPSA) is 35.2 Å². The van der Waals surface area contributed by atoms with Crippen molar-refractivity contribution in [1.82, 2.24) is 0 Å². The number of benzene rings is 2. The lowest BCUT2D eigenvalue weighted by Crippen LogP contribution is -2.09. The van der Waals surface area contributed by atoms with E-state index in [0.29, 0.717) is 6.61 Å². The molecule has 0 amide bonds. The average molecular weight is 255 g/mol. The van der Waals surface area contributed by atoms with Crippen molar-refractivity contribution in [2.24, 2.45) is 5.73 Å². The fraction of sp³-hybridized carbons (Fsp3) is 0.294. The van der Waals surface area contributed by atoms with Crippen LogP contribution >= 0.6 is 0 Å². The zero-order valence-corrected chi connectivity index (χ0v) is 11.6. The van der Waals surface area contributed by atoms with Gasteiger partial charge in [0.05, 0.1) is 0 Å². The molecule has 0 aromatic heterocycles. The first-order chi connectivity index (χ1) is 9.13. The minimum Gasteiger partial charge on any atom is -0.488 e. The van der Waals surface area contributed by atoms with Gasteiger partial charge in [0, 0.05) is 17.0 Å². The van der Waals surface area contributed by atoms with E-state index in [1.165, 1.54) is 5.39 Å². The van der Waals surface area contributed by atoms with E-state index < -0.39 is 0 Å². The molecule has 0 spiro atoms. The molecular weight excluding hydrogens is 234 g/mol. The van der Waals surface area contributed by atoms with E-state index in [4.69, 9.17) is 10.5 Å². The summed E-state index contributed by atoms with van der Waals surface area (Å²) in [6.07, 6.45) is 0.929. The van der Waals surface area contributed by atoms with Crippen LogP contribution in [0.25, 0.3) is 10.8 Å². The highest BCUT2D eigenvalue weighted by Crippen LogP contribution is 2.33. The maximum atomic E-state index is 6.04. The molecule has 19 heavy (non-hydrogen) atoms. The Labute approximate surface area is 114 Å². The van der Waals surface area contributed by atoms with Crippen LogP contribution in [0.5, 0.6) is 5.75 Å². The molecule has 0 aliphatic heterocycles. The van der Waals surface area contributed by atoms with Crippen LogP contribution in [0.15, 0.2) is 48.6 Å². The summed E-state index contributed by atoms with van der Waals surface area (Å²) in [7, 11) is 0. The first-order valence-electron chi connectivity index (χ1n) is 6.70. The Morgan fingerprint density at radius 1 is 1.26 bits per heavy atom. The van der Waals surface area contributed by atoms with E-state index in [1.807, 2.05) is 19.1 Å². The second-order valence-corrected chi connectivity index (χ2v) is 4.89. The zero-order valence-electron chi connectivity index (χ0n) is 11.6. The molecule has 2 N–H and O–H groups in total. The van der Waals surface area contributed by atoms with Crippen molar-refractivity contribution in [3.8, 4) is 5.75 Å². The number of rotatable bonds is 5. The van der Waals surface area contributed by atoms with E-state index in [0.717, 1.165) is 28.7 Å². The van der Waals surface area contributed by atoms with Gasteiger partial charge in [-0.25, -0.2) is 0 Å². The highest BCUT2D eigenvalue weighted by atomic mass is 16.5. The lowest BCUT2D eigenvalue weighted by molar-refractivity contribution is 0.348. The van der Waals surface area contributed by atoms with Crippen LogP contribution in [-0.4, -0.2) is 6.61 Å². The maximum Gasteiger partial charge on any atom is 0.132 e. The first-order valence-corrected chi connectivity index (χ1v) is 6.70. The fourth-order valence-corrected chi connectivity index (χ4v) is 2.06. The number of hydrogen-bond acceptors (Lipinski definition) is 2. The normalized spacial score (nSPS) is 12.4. The van der Waals surface area contributed by atoms with Crippen LogP contribution in [0.1, 0.15) is 31.9 Å². The third-order valence-electron chi connectivity index (χ3n) is 3.32. The minimum atomic E-state index is -0.0468. The summed E-state index contributed by atoms with van der Waals surface area (Å²) in [5.74, 6) is 0.891. The molecule has 2 aromatic carbocycles. The predicted octanol–water partition coefficient (Wildman–Crippen LogP) is 4.20. The first kappa shape index (κ1) is 13.6. The average Bonchev–Trinajstić information content (AvgIpc) is 2.43. The highest BCUT2D eigenvalue weighted by molar-refractivity contribution is 5.89. The lowest BCUT2D eigenvalue weighted by atomic mass is 10.0. The Bertz CT molecular complexity index is 587. The van der Waals surface area contributed by atoms with Crippen LogP contribution in [0, 0.1) is 0 Å². The van der Waals surface area contributed by atoms with Crippen molar-refractivity contribution in [2.75, 3.05) is 6.61 Å². The third kappa shape index (κ3) is 2.96. The molecule has 0 heterocycles. The van der Waals surface area contributed by atoms with Gasteiger partial charge in [0.25, 0.3) is 0 Å². The fourth-order valence-electron chi connectivity index (χ4n) is 2.06. The van der Waals surface area contributed by atoms with Gasteiger partial charge in [-0.2, -0.15) is 0 Å². The molecule has 0 aliphatic rings. The maximum absolute atomic E-state index is 6.04. The Morgan fingerprint density at radius 2 is 2.00 bits per heavy atom. The van der Waals surface area contributed by atoms with Crippen LogP contribution in [0.2, 0.25) is 0 Å². The van der Waals surface area contributed by atoms with Crippen LogP contribution in [-0.2, 0) is 0 Å². The van der Waals surface area contributed by atoms with Gasteiger partial charge in [0.1, 0.15) is 12.4 Å². The minimum absolute atomic E-state index is 0.0468. The third-order valence-corrected chi connectivity index (χ3v) is 3.32. The van der Waals surface area contributed by atoms with Crippen molar-refractivity contribution in [1.29, 1.82) is 0 Å². The van der Waals surface area contributed by atoms with Gasteiger partial charge >= 0.3 is 0 Å². The standard InChI is InChI=1S/C17H21NO/c1-4-12(2)11-19-17-15(13(3)18)10-9-14-7-5-6-8-16(14)17/h5-10,13H,2,4,11,18H2,1,3H3/t13-/m0/s1. The zero-order chi connectivity index (χ0) is 13.8. The van der Waals surface area contributed by atoms with Gasteiger partial charge in [0.15, 0.2) is 0 Å². The van der Waals surface area contributed by atoms with E-state index >= 15 is 0 Å². The molecule has 0 fully saturated rings. The molecule has 0 bridgehead atoms. The molecule has 0 saturated heterocycles. The largest absolute Gasteiger partial charge is 0.488 e.